The molecule has 0 saturated carbocycles. The zero-order valence-corrected chi connectivity index (χ0v) is 18.1. The van der Waals surface area contributed by atoms with Crippen molar-refractivity contribution in [3.63, 3.8) is 0 Å². The highest BCUT2D eigenvalue weighted by Gasteiger charge is 2.29. The maximum absolute atomic E-state index is 12.6. The van der Waals surface area contributed by atoms with Gasteiger partial charge in [-0.3, -0.25) is 4.90 Å². The quantitative estimate of drug-likeness (QED) is 0.419. The van der Waals surface area contributed by atoms with Crippen LogP contribution in [0.5, 0.6) is 5.75 Å². The van der Waals surface area contributed by atoms with Gasteiger partial charge in [0.05, 0.1) is 0 Å². The summed E-state index contributed by atoms with van der Waals surface area (Å²) in [6.07, 6.45) is 3.22. The molecule has 6 nitrogen and oxygen atoms in total. The molecule has 0 N–H and O–H groups in total. The number of hydrogen-bond acceptors (Lipinski definition) is 4. The van der Waals surface area contributed by atoms with Crippen LogP contribution in [0, 0.1) is 0 Å². The van der Waals surface area contributed by atoms with Crippen LogP contribution < -0.4 is 9.08 Å². The van der Waals surface area contributed by atoms with Crippen molar-refractivity contribution in [1.82, 2.24) is 4.90 Å². The lowest BCUT2D eigenvalue weighted by atomic mass is 10.2. The van der Waals surface area contributed by atoms with Crippen LogP contribution in [-0.4, -0.2) is 39.0 Å². The first-order chi connectivity index (χ1) is 13.4. The fourth-order valence-electron chi connectivity index (χ4n) is 3.07. The molecule has 0 aliphatic carbocycles. The third kappa shape index (κ3) is 4.86. The smallest absolute Gasteiger partial charge is 0.339 e. The van der Waals surface area contributed by atoms with Gasteiger partial charge in [0.25, 0.3) is 0 Å². The van der Waals surface area contributed by atoms with Crippen molar-refractivity contribution in [2.24, 2.45) is 0 Å². The van der Waals surface area contributed by atoms with Crippen molar-refractivity contribution in [3.05, 3.63) is 53.0 Å². The lowest BCUT2D eigenvalue weighted by molar-refractivity contribution is 0.219. The Bertz CT molecular complexity index is 931. The van der Waals surface area contributed by atoms with Crippen LogP contribution in [0.3, 0.4) is 0 Å². The molecule has 0 spiro atoms. The number of anilines is 1. The number of halogens is 1. The summed E-state index contributed by atoms with van der Waals surface area (Å²) in [5.74, 6) is 0.232. The minimum absolute atomic E-state index is 0.0305. The van der Waals surface area contributed by atoms with Crippen molar-refractivity contribution in [2.75, 3.05) is 24.5 Å². The van der Waals surface area contributed by atoms with Gasteiger partial charge < -0.3 is 9.08 Å². The van der Waals surface area contributed by atoms with Gasteiger partial charge in [-0.2, -0.15) is 8.42 Å². The summed E-state index contributed by atoms with van der Waals surface area (Å²) in [7, 11) is -3.94. The third-order valence-electron chi connectivity index (χ3n) is 4.57. The molecule has 0 unspecified atom stereocenters. The number of unbranched alkanes of at least 4 members (excludes halogenated alkanes) is 2. The Hall–Kier alpha value is -2.06. The molecule has 2 aromatic carbocycles. The molecule has 1 aliphatic heterocycles. The number of carbonyl (C=O) groups excluding carboxylic acids is 1. The molecule has 2 amide bonds. The lowest BCUT2D eigenvalue weighted by Gasteiger charge is -2.19. The Morgan fingerprint density at radius 1 is 1.07 bits per heavy atom. The van der Waals surface area contributed by atoms with Crippen LogP contribution in [0.25, 0.3) is 0 Å². The van der Waals surface area contributed by atoms with E-state index < -0.39 is 10.1 Å². The SMILES string of the molecule is CCCCCN1CCN(c2ccc(S(=O)(=O)Oc3cccc(Br)c3)cc2)C1=O. The fourth-order valence-corrected chi connectivity index (χ4v) is 4.37. The number of hydrogen-bond donors (Lipinski definition) is 0. The lowest BCUT2D eigenvalue weighted by Crippen LogP contribution is -2.32. The highest BCUT2D eigenvalue weighted by atomic mass is 79.9. The highest BCUT2D eigenvalue weighted by molar-refractivity contribution is 9.10. The molecule has 1 fully saturated rings. The summed E-state index contributed by atoms with van der Waals surface area (Å²) in [5.41, 5.74) is 0.685. The van der Waals surface area contributed by atoms with Gasteiger partial charge in [-0.05, 0) is 48.9 Å². The number of rotatable bonds is 8. The van der Waals surface area contributed by atoms with Gasteiger partial charge in [-0.15, -0.1) is 0 Å². The average Bonchev–Trinajstić information content (AvgIpc) is 3.02. The van der Waals surface area contributed by atoms with E-state index in [1.807, 2.05) is 4.90 Å². The molecule has 1 heterocycles. The third-order valence-corrected chi connectivity index (χ3v) is 6.32. The van der Waals surface area contributed by atoms with Gasteiger partial charge in [0, 0.05) is 29.8 Å². The highest BCUT2D eigenvalue weighted by Crippen LogP contribution is 2.25. The van der Waals surface area contributed by atoms with Gasteiger partial charge in [-0.25, -0.2) is 4.79 Å². The first-order valence-electron chi connectivity index (χ1n) is 9.27. The molecule has 3 rings (SSSR count). The molecule has 28 heavy (non-hydrogen) atoms. The second-order valence-electron chi connectivity index (χ2n) is 6.62. The molecule has 2 aromatic rings. The van der Waals surface area contributed by atoms with E-state index in [0.717, 1.165) is 30.3 Å². The molecule has 0 atom stereocenters. The molecule has 0 radical (unpaired) electrons. The van der Waals surface area contributed by atoms with E-state index in [1.54, 1.807) is 41.3 Å². The summed E-state index contributed by atoms with van der Waals surface area (Å²) in [4.78, 5) is 16.1. The van der Waals surface area contributed by atoms with Gasteiger partial charge in [0.1, 0.15) is 10.6 Å². The number of amides is 2. The van der Waals surface area contributed by atoms with E-state index >= 15 is 0 Å². The molecule has 0 aromatic heterocycles. The van der Waals surface area contributed by atoms with Crippen molar-refractivity contribution in [2.45, 2.75) is 31.1 Å². The second-order valence-corrected chi connectivity index (χ2v) is 9.08. The van der Waals surface area contributed by atoms with Crippen molar-refractivity contribution in [1.29, 1.82) is 0 Å². The summed E-state index contributed by atoms with van der Waals surface area (Å²) >= 11 is 3.29. The van der Waals surface area contributed by atoms with Crippen molar-refractivity contribution >= 4 is 37.8 Å². The second kappa shape index (κ2) is 8.96. The molecular weight excluding hydrogens is 444 g/mol. The van der Waals surface area contributed by atoms with E-state index in [-0.39, 0.29) is 16.7 Å². The Morgan fingerprint density at radius 3 is 2.50 bits per heavy atom. The standard InChI is InChI=1S/C20H23BrN2O4S/c1-2-3-4-12-22-13-14-23(20(22)24)17-8-10-19(11-9-17)28(25,26)27-18-7-5-6-16(21)15-18/h5-11,15H,2-4,12-14H2,1H3. The molecule has 1 saturated heterocycles. The molecule has 1 aliphatic rings. The van der Waals surface area contributed by atoms with Gasteiger partial charge in [-0.1, -0.05) is 41.8 Å². The minimum Gasteiger partial charge on any atom is -0.379 e. The summed E-state index contributed by atoms with van der Waals surface area (Å²) in [6, 6.07) is 12.8. The predicted octanol–water partition coefficient (Wildman–Crippen LogP) is 4.65. The van der Waals surface area contributed by atoms with Crippen LogP contribution in [0.1, 0.15) is 26.2 Å². The molecule has 0 bridgehead atoms. The van der Waals surface area contributed by atoms with Crippen LogP contribution in [0.4, 0.5) is 10.5 Å². The van der Waals surface area contributed by atoms with Gasteiger partial charge >= 0.3 is 16.1 Å². The zero-order chi connectivity index (χ0) is 20.1. The molecule has 8 heteroatoms. The van der Waals surface area contributed by atoms with Crippen LogP contribution in [0.15, 0.2) is 57.9 Å². The Morgan fingerprint density at radius 2 is 1.82 bits per heavy atom. The topological polar surface area (TPSA) is 66.9 Å². The van der Waals surface area contributed by atoms with Gasteiger partial charge in [0.15, 0.2) is 0 Å². The predicted molar refractivity (Wildman–Crippen MR) is 112 cm³/mol. The van der Waals surface area contributed by atoms with Crippen molar-refractivity contribution in [3.8, 4) is 5.75 Å². The number of benzene rings is 2. The van der Waals surface area contributed by atoms with E-state index in [4.69, 9.17) is 4.18 Å². The normalized spacial score (nSPS) is 14.6. The van der Waals surface area contributed by atoms with E-state index in [0.29, 0.717) is 18.8 Å². The van der Waals surface area contributed by atoms with Gasteiger partial charge in [0.2, 0.25) is 0 Å². The molecular formula is C20H23BrN2O4S. The van der Waals surface area contributed by atoms with E-state index in [2.05, 4.69) is 22.9 Å². The van der Waals surface area contributed by atoms with Crippen LogP contribution in [0.2, 0.25) is 0 Å². The largest absolute Gasteiger partial charge is 0.379 e. The maximum atomic E-state index is 12.6. The average molecular weight is 467 g/mol. The van der Waals surface area contributed by atoms with E-state index in [1.165, 1.54) is 12.1 Å². The van der Waals surface area contributed by atoms with E-state index in [9.17, 15) is 13.2 Å². The number of carbonyl (C=O) groups is 1. The monoisotopic (exact) mass is 466 g/mol. The van der Waals surface area contributed by atoms with Crippen LogP contribution in [-0.2, 0) is 10.1 Å². The summed E-state index contributed by atoms with van der Waals surface area (Å²) < 4.78 is 30.9. The summed E-state index contributed by atoms with van der Waals surface area (Å²) in [6.45, 7) is 4.18. The fraction of sp³-hybridized carbons (Fsp3) is 0.350. The summed E-state index contributed by atoms with van der Waals surface area (Å²) in [5, 5.41) is 0. The first-order valence-corrected chi connectivity index (χ1v) is 11.5. The Kier molecular flexibility index (Phi) is 6.61. The zero-order valence-electron chi connectivity index (χ0n) is 15.7. The van der Waals surface area contributed by atoms with Crippen molar-refractivity contribution < 1.29 is 17.4 Å². The first kappa shape index (κ1) is 20.7. The number of urea groups is 1. The molecule has 150 valence electrons. The Balaban J connectivity index is 1.68. The maximum Gasteiger partial charge on any atom is 0.339 e. The Labute approximate surface area is 174 Å². The van der Waals surface area contributed by atoms with Crippen LogP contribution >= 0.6 is 15.9 Å². The number of nitrogens with zero attached hydrogens (tertiary/aromatic N) is 2. The minimum atomic E-state index is -3.94.